The van der Waals surface area contributed by atoms with Crippen molar-refractivity contribution < 1.29 is 4.79 Å². The summed E-state index contributed by atoms with van der Waals surface area (Å²) in [5.41, 5.74) is 1.16. The van der Waals surface area contributed by atoms with Gasteiger partial charge in [0, 0.05) is 11.6 Å². The highest BCUT2D eigenvalue weighted by molar-refractivity contribution is 6.30. The van der Waals surface area contributed by atoms with Crippen LogP contribution in [0.15, 0.2) is 24.3 Å². The highest BCUT2D eigenvalue weighted by atomic mass is 35.5. The van der Waals surface area contributed by atoms with Crippen molar-refractivity contribution in [1.82, 2.24) is 10.2 Å². The van der Waals surface area contributed by atoms with Crippen LogP contribution in [0.2, 0.25) is 5.02 Å². The van der Waals surface area contributed by atoms with Crippen LogP contribution in [0.1, 0.15) is 37.3 Å². The lowest BCUT2D eigenvalue weighted by Gasteiger charge is -2.28. The van der Waals surface area contributed by atoms with Crippen LogP contribution in [-0.2, 0) is 4.79 Å². The Balaban J connectivity index is 1.79. The van der Waals surface area contributed by atoms with Crippen LogP contribution in [0.25, 0.3) is 0 Å². The molecule has 0 radical (unpaired) electrons. The number of rotatable bonds is 2. The first-order chi connectivity index (χ1) is 9.25. The summed E-state index contributed by atoms with van der Waals surface area (Å²) in [7, 11) is 0. The number of nitrogens with one attached hydrogen (secondary N) is 1. The van der Waals surface area contributed by atoms with Crippen molar-refractivity contribution in [2.45, 2.75) is 37.8 Å². The van der Waals surface area contributed by atoms with Crippen LogP contribution in [0.3, 0.4) is 0 Å². The zero-order valence-electron chi connectivity index (χ0n) is 10.9. The standard InChI is InChI=1S/C15H19ClN2O/c16-12-5-1-4-11(10-12)14-7-3-9-18(14)15(19)13-6-2-8-17-13/h1,4-5,10,13-14,17H,2-3,6-9H2/t13-,14+/m1/s1. The molecule has 1 N–H and O–H groups in total. The average molecular weight is 279 g/mol. The molecule has 19 heavy (non-hydrogen) atoms. The summed E-state index contributed by atoms with van der Waals surface area (Å²) >= 11 is 6.06. The minimum atomic E-state index is 0.0276. The van der Waals surface area contributed by atoms with Gasteiger partial charge in [-0.25, -0.2) is 0 Å². The van der Waals surface area contributed by atoms with Crippen molar-refractivity contribution in [2.75, 3.05) is 13.1 Å². The molecule has 2 aliphatic heterocycles. The zero-order valence-corrected chi connectivity index (χ0v) is 11.7. The van der Waals surface area contributed by atoms with Gasteiger partial charge >= 0.3 is 0 Å². The lowest BCUT2D eigenvalue weighted by atomic mass is 10.0. The predicted octanol–water partition coefficient (Wildman–Crippen LogP) is 2.76. The third-order valence-electron chi connectivity index (χ3n) is 4.13. The fourth-order valence-electron chi connectivity index (χ4n) is 3.19. The van der Waals surface area contributed by atoms with E-state index in [-0.39, 0.29) is 18.0 Å². The quantitative estimate of drug-likeness (QED) is 0.902. The summed E-state index contributed by atoms with van der Waals surface area (Å²) < 4.78 is 0. The van der Waals surface area contributed by atoms with E-state index in [9.17, 15) is 4.79 Å². The topological polar surface area (TPSA) is 32.3 Å². The molecule has 2 aliphatic rings. The SMILES string of the molecule is O=C([C@H]1CCCN1)N1CCC[C@H]1c1cccc(Cl)c1. The number of halogens is 1. The van der Waals surface area contributed by atoms with E-state index in [4.69, 9.17) is 11.6 Å². The largest absolute Gasteiger partial charge is 0.334 e. The third kappa shape index (κ3) is 2.63. The molecule has 1 aromatic rings. The maximum atomic E-state index is 12.5. The van der Waals surface area contributed by atoms with E-state index < -0.39 is 0 Å². The van der Waals surface area contributed by atoms with Crippen molar-refractivity contribution >= 4 is 17.5 Å². The second-order valence-electron chi connectivity index (χ2n) is 5.39. The number of carbonyl (C=O) groups excluding carboxylic acids is 1. The van der Waals surface area contributed by atoms with Crippen molar-refractivity contribution in [3.8, 4) is 0 Å². The van der Waals surface area contributed by atoms with Gasteiger partial charge in [0.2, 0.25) is 5.91 Å². The van der Waals surface area contributed by atoms with Crippen LogP contribution >= 0.6 is 11.6 Å². The van der Waals surface area contributed by atoms with Crippen LogP contribution in [0, 0.1) is 0 Å². The van der Waals surface area contributed by atoms with Gasteiger partial charge in [0.05, 0.1) is 12.1 Å². The fourth-order valence-corrected chi connectivity index (χ4v) is 3.39. The van der Waals surface area contributed by atoms with E-state index in [0.29, 0.717) is 0 Å². The molecule has 1 aromatic carbocycles. The number of amides is 1. The molecular formula is C15H19ClN2O. The summed E-state index contributed by atoms with van der Waals surface area (Å²) in [6.45, 7) is 1.83. The minimum Gasteiger partial charge on any atom is -0.334 e. The van der Waals surface area contributed by atoms with Gasteiger partial charge < -0.3 is 10.2 Å². The molecule has 0 unspecified atom stereocenters. The summed E-state index contributed by atoms with van der Waals surface area (Å²) in [5.74, 6) is 0.264. The maximum absolute atomic E-state index is 12.5. The fraction of sp³-hybridized carbons (Fsp3) is 0.533. The Morgan fingerprint density at radius 2 is 2.21 bits per heavy atom. The predicted molar refractivity (Wildman–Crippen MR) is 76.2 cm³/mol. The molecule has 2 heterocycles. The van der Waals surface area contributed by atoms with Crippen molar-refractivity contribution in [2.24, 2.45) is 0 Å². The van der Waals surface area contributed by atoms with Crippen molar-refractivity contribution in [3.05, 3.63) is 34.9 Å². The first-order valence-corrected chi connectivity index (χ1v) is 7.43. The zero-order chi connectivity index (χ0) is 13.2. The highest BCUT2D eigenvalue weighted by Gasteiger charge is 2.34. The van der Waals surface area contributed by atoms with E-state index in [0.717, 1.165) is 49.4 Å². The molecule has 0 saturated carbocycles. The van der Waals surface area contributed by atoms with Gasteiger partial charge in [-0.1, -0.05) is 23.7 Å². The van der Waals surface area contributed by atoms with E-state index in [1.807, 2.05) is 23.1 Å². The van der Waals surface area contributed by atoms with Gasteiger partial charge in [0.15, 0.2) is 0 Å². The first-order valence-electron chi connectivity index (χ1n) is 7.05. The number of hydrogen-bond donors (Lipinski definition) is 1. The first kappa shape index (κ1) is 12.9. The summed E-state index contributed by atoms with van der Waals surface area (Å²) in [5, 5.41) is 4.05. The molecule has 1 amide bonds. The van der Waals surface area contributed by atoms with Gasteiger partial charge in [-0.05, 0) is 49.9 Å². The normalized spacial score (nSPS) is 26.9. The highest BCUT2D eigenvalue weighted by Crippen LogP contribution is 2.33. The number of nitrogens with zero attached hydrogens (tertiary/aromatic N) is 1. The molecule has 2 fully saturated rings. The molecule has 3 rings (SSSR count). The number of hydrogen-bond acceptors (Lipinski definition) is 2. The number of benzene rings is 1. The van der Waals surface area contributed by atoms with Gasteiger partial charge in [-0.15, -0.1) is 0 Å². The Bertz CT molecular complexity index is 471. The lowest BCUT2D eigenvalue weighted by molar-refractivity contribution is -0.134. The molecule has 0 aliphatic carbocycles. The van der Waals surface area contributed by atoms with Gasteiger partial charge in [0.1, 0.15) is 0 Å². The lowest BCUT2D eigenvalue weighted by Crippen LogP contribution is -2.43. The summed E-state index contributed by atoms with van der Waals surface area (Å²) in [6.07, 6.45) is 4.19. The summed E-state index contributed by atoms with van der Waals surface area (Å²) in [4.78, 5) is 14.6. The molecular weight excluding hydrogens is 260 g/mol. The van der Waals surface area contributed by atoms with Crippen LogP contribution in [0.5, 0.6) is 0 Å². The van der Waals surface area contributed by atoms with Crippen LogP contribution in [0.4, 0.5) is 0 Å². The van der Waals surface area contributed by atoms with Gasteiger partial charge in [-0.3, -0.25) is 4.79 Å². The Morgan fingerprint density at radius 1 is 1.32 bits per heavy atom. The van der Waals surface area contributed by atoms with Crippen molar-refractivity contribution in [3.63, 3.8) is 0 Å². The molecule has 2 saturated heterocycles. The molecule has 0 bridgehead atoms. The molecule has 2 atom stereocenters. The maximum Gasteiger partial charge on any atom is 0.240 e. The number of likely N-dealkylation sites (tertiary alicyclic amines) is 1. The molecule has 3 nitrogen and oxygen atoms in total. The number of carbonyl (C=O) groups is 1. The molecule has 0 aromatic heterocycles. The van der Waals surface area contributed by atoms with Crippen LogP contribution in [-0.4, -0.2) is 29.9 Å². The van der Waals surface area contributed by atoms with Gasteiger partial charge in [-0.2, -0.15) is 0 Å². The minimum absolute atomic E-state index is 0.0276. The van der Waals surface area contributed by atoms with E-state index in [2.05, 4.69) is 11.4 Å². The molecule has 102 valence electrons. The van der Waals surface area contributed by atoms with Crippen molar-refractivity contribution in [1.29, 1.82) is 0 Å². The Morgan fingerprint density at radius 3 is 2.95 bits per heavy atom. The van der Waals surface area contributed by atoms with E-state index >= 15 is 0 Å². The molecule has 4 heteroatoms. The average Bonchev–Trinajstić information content (AvgIpc) is 3.09. The Hall–Kier alpha value is -1.06. The van der Waals surface area contributed by atoms with Gasteiger partial charge in [0.25, 0.3) is 0 Å². The second-order valence-corrected chi connectivity index (χ2v) is 5.83. The Labute approximate surface area is 118 Å². The van der Waals surface area contributed by atoms with E-state index in [1.54, 1.807) is 0 Å². The monoisotopic (exact) mass is 278 g/mol. The van der Waals surface area contributed by atoms with E-state index in [1.165, 1.54) is 0 Å². The third-order valence-corrected chi connectivity index (χ3v) is 4.36. The Kier molecular flexibility index (Phi) is 3.76. The second kappa shape index (κ2) is 5.51. The summed E-state index contributed by atoms with van der Waals surface area (Å²) in [6, 6.07) is 8.13. The smallest absolute Gasteiger partial charge is 0.240 e. The van der Waals surface area contributed by atoms with Crippen LogP contribution < -0.4 is 5.32 Å². The molecule has 0 spiro atoms.